The standard InChI is InChI=1S/C22H21N5/c1-16-8-7-12-19(25-16)22-21(18-11-5-6-13-24-18)26-20(27-22)15-23-14-17-9-3-2-4-10-17/h2-13,23H,14-15H2,1H3,(H,26,27). The summed E-state index contributed by atoms with van der Waals surface area (Å²) in [5.74, 6) is 0.866. The van der Waals surface area contributed by atoms with Gasteiger partial charge in [0.05, 0.1) is 23.6 Å². The lowest BCUT2D eigenvalue weighted by atomic mass is 10.1. The molecule has 0 spiro atoms. The van der Waals surface area contributed by atoms with Crippen LogP contribution >= 0.6 is 0 Å². The molecule has 4 rings (SSSR count). The van der Waals surface area contributed by atoms with Crippen LogP contribution in [-0.2, 0) is 13.1 Å². The van der Waals surface area contributed by atoms with Gasteiger partial charge in [-0.3, -0.25) is 9.97 Å². The van der Waals surface area contributed by atoms with Crippen molar-refractivity contribution in [3.63, 3.8) is 0 Å². The molecule has 0 radical (unpaired) electrons. The molecule has 5 heteroatoms. The molecule has 5 nitrogen and oxygen atoms in total. The number of H-pyrrole nitrogens is 1. The van der Waals surface area contributed by atoms with Gasteiger partial charge in [-0.05, 0) is 36.8 Å². The second-order valence-corrected chi connectivity index (χ2v) is 6.38. The molecule has 0 aliphatic heterocycles. The number of hydrogen-bond acceptors (Lipinski definition) is 4. The number of nitrogens with one attached hydrogen (secondary N) is 2. The first-order valence-electron chi connectivity index (χ1n) is 8.98. The molecule has 0 fully saturated rings. The highest BCUT2D eigenvalue weighted by Gasteiger charge is 2.16. The van der Waals surface area contributed by atoms with Crippen LogP contribution in [0.5, 0.6) is 0 Å². The third-order valence-corrected chi connectivity index (χ3v) is 4.27. The Morgan fingerprint density at radius 2 is 1.63 bits per heavy atom. The van der Waals surface area contributed by atoms with Crippen LogP contribution in [0, 0.1) is 6.92 Å². The third-order valence-electron chi connectivity index (χ3n) is 4.27. The van der Waals surface area contributed by atoms with Gasteiger partial charge in [0, 0.05) is 18.4 Å². The number of hydrogen-bond donors (Lipinski definition) is 2. The highest BCUT2D eigenvalue weighted by molar-refractivity contribution is 5.74. The van der Waals surface area contributed by atoms with E-state index >= 15 is 0 Å². The maximum absolute atomic E-state index is 4.81. The lowest BCUT2D eigenvalue weighted by molar-refractivity contribution is 0.669. The second-order valence-electron chi connectivity index (χ2n) is 6.38. The number of aromatic nitrogens is 4. The van der Waals surface area contributed by atoms with Gasteiger partial charge in [0.2, 0.25) is 0 Å². The molecule has 0 unspecified atom stereocenters. The topological polar surface area (TPSA) is 66.5 Å². The van der Waals surface area contributed by atoms with Crippen LogP contribution in [0.15, 0.2) is 72.9 Å². The molecule has 0 saturated heterocycles. The average molecular weight is 355 g/mol. The highest BCUT2D eigenvalue weighted by atomic mass is 15.0. The molecule has 0 aliphatic carbocycles. The number of aromatic amines is 1. The van der Waals surface area contributed by atoms with Crippen molar-refractivity contribution in [3.8, 4) is 22.8 Å². The van der Waals surface area contributed by atoms with Crippen LogP contribution in [0.4, 0.5) is 0 Å². The molecule has 27 heavy (non-hydrogen) atoms. The van der Waals surface area contributed by atoms with Crippen LogP contribution in [0.2, 0.25) is 0 Å². The molecular formula is C22H21N5. The van der Waals surface area contributed by atoms with Crippen LogP contribution in [0.1, 0.15) is 17.1 Å². The lowest BCUT2D eigenvalue weighted by Crippen LogP contribution is -2.13. The van der Waals surface area contributed by atoms with Gasteiger partial charge in [0.1, 0.15) is 11.5 Å². The second kappa shape index (κ2) is 7.93. The quantitative estimate of drug-likeness (QED) is 0.546. The Labute approximate surface area is 158 Å². The average Bonchev–Trinajstić information content (AvgIpc) is 3.14. The van der Waals surface area contributed by atoms with Crippen LogP contribution in [0.25, 0.3) is 22.8 Å². The zero-order valence-electron chi connectivity index (χ0n) is 15.2. The number of nitrogens with zero attached hydrogens (tertiary/aromatic N) is 3. The van der Waals surface area contributed by atoms with Crippen molar-refractivity contribution in [1.82, 2.24) is 25.3 Å². The predicted molar refractivity (Wildman–Crippen MR) is 107 cm³/mol. The molecule has 2 N–H and O–H groups in total. The lowest BCUT2D eigenvalue weighted by Gasteiger charge is -2.02. The minimum Gasteiger partial charge on any atom is -0.339 e. The molecule has 0 atom stereocenters. The highest BCUT2D eigenvalue weighted by Crippen LogP contribution is 2.27. The van der Waals surface area contributed by atoms with Gasteiger partial charge in [-0.1, -0.05) is 42.5 Å². The van der Waals surface area contributed by atoms with Gasteiger partial charge in [-0.2, -0.15) is 0 Å². The Hall–Kier alpha value is -3.31. The molecular weight excluding hydrogens is 334 g/mol. The minimum atomic E-state index is 0.639. The number of aryl methyl sites for hydroxylation is 1. The molecule has 0 amide bonds. The molecule has 0 bridgehead atoms. The molecule has 3 heterocycles. The maximum Gasteiger partial charge on any atom is 0.121 e. The van der Waals surface area contributed by atoms with Crippen molar-refractivity contribution in [2.45, 2.75) is 20.0 Å². The fourth-order valence-electron chi connectivity index (χ4n) is 2.98. The van der Waals surface area contributed by atoms with E-state index in [0.29, 0.717) is 6.54 Å². The Morgan fingerprint density at radius 3 is 2.41 bits per heavy atom. The number of imidazole rings is 1. The number of benzene rings is 1. The molecule has 0 saturated carbocycles. The largest absolute Gasteiger partial charge is 0.339 e. The monoisotopic (exact) mass is 355 g/mol. The van der Waals surface area contributed by atoms with Crippen molar-refractivity contribution < 1.29 is 0 Å². The van der Waals surface area contributed by atoms with Gasteiger partial charge in [-0.15, -0.1) is 0 Å². The van der Waals surface area contributed by atoms with Gasteiger partial charge >= 0.3 is 0 Å². The Morgan fingerprint density at radius 1 is 0.815 bits per heavy atom. The van der Waals surface area contributed by atoms with E-state index in [-0.39, 0.29) is 0 Å². The van der Waals surface area contributed by atoms with E-state index in [1.54, 1.807) is 6.20 Å². The molecule has 1 aromatic carbocycles. The summed E-state index contributed by atoms with van der Waals surface area (Å²) < 4.78 is 0. The van der Waals surface area contributed by atoms with Gasteiger partial charge in [-0.25, -0.2) is 4.98 Å². The number of pyridine rings is 2. The summed E-state index contributed by atoms with van der Waals surface area (Å²) in [4.78, 5) is 17.4. The van der Waals surface area contributed by atoms with Gasteiger partial charge in [0.25, 0.3) is 0 Å². The summed E-state index contributed by atoms with van der Waals surface area (Å²) in [5, 5.41) is 3.44. The van der Waals surface area contributed by atoms with E-state index < -0.39 is 0 Å². The van der Waals surface area contributed by atoms with E-state index in [2.05, 4.69) is 32.4 Å². The van der Waals surface area contributed by atoms with E-state index in [0.717, 1.165) is 40.8 Å². The minimum absolute atomic E-state index is 0.639. The summed E-state index contributed by atoms with van der Waals surface area (Å²) in [6.07, 6.45) is 1.79. The summed E-state index contributed by atoms with van der Waals surface area (Å²) >= 11 is 0. The maximum atomic E-state index is 4.81. The summed E-state index contributed by atoms with van der Waals surface area (Å²) in [6.45, 7) is 3.41. The van der Waals surface area contributed by atoms with Crippen molar-refractivity contribution in [1.29, 1.82) is 0 Å². The Kier molecular flexibility index (Phi) is 5.03. The zero-order chi connectivity index (χ0) is 18.5. The van der Waals surface area contributed by atoms with Crippen molar-refractivity contribution in [2.75, 3.05) is 0 Å². The molecule has 3 aromatic heterocycles. The summed E-state index contributed by atoms with van der Waals surface area (Å²) in [7, 11) is 0. The van der Waals surface area contributed by atoms with Crippen LogP contribution < -0.4 is 5.32 Å². The van der Waals surface area contributed by atoms with E-state index in [1.165, 1.54) is 5.56 Å². The molecule has 134 valence electrons. The molecule has 0 aliphatic rings. The smallest absolute Gasteiger partial charge is 0.121 e. The van der Waals surface area contributed by atoms with E-state index in [9.17, 15) is 0 Å². The summed E-state index contributed by atoms with van der Waals surface area (Å²) in [5.41, 5.74) is 5.64. The van der Waals surface area contributed by atoms with E-state index in [1.807, 2.05) is 61.5 Å². The first-order chi connectivity index (χ1) is 13.3. The zero-order valence-corrected chi connectivity index (χ0v) is 15.2. The first kappa shape index (κ1) is 17.1. The predicted octanol–water partition coefficient (Wildman–Crippen LogP) is 4.13. The SMILES string of the molecule is Cc1cccc(-c2nc(CNCc3ccccc3)[nH]c2-c2ccccn2)n1. The fraction of sp³-hybridized carbons (Fsp3) is 0.136. The van der Waals surface area contributed by atoms with Gasteiger partial charge < -0.3 is 10.3 Å². The normalized spacial score (nSPS) is 10.9. The van der Waals surface area contributed by atoms with Crippen LogP contribution in [0.3, 0.4) is 0 Å². The Bertz CT molecular complexity index is 1010. The number of rotatable bonds is 6. The Balaban J connectivity index is 1.61. The van der Waals surface area contributed by atoms with Crippen molar-refractivity contribution in [3.05, 3.63) is 90.0 Å². The van der Waals surface area contributed by atoms with Gasteiger partial charge in [0.15, 0.2) is 0 Å². The van der Waals surface area contributed by atoms with Crippen molar-refractivity contribution >= 4 is 0 Å². The first-order valence-corrected chi connectivity index (χ1v) is 8.98. The van der Waals surface area contributed by atoms with Crippen molar-refractivity contribution in [2.24, 2.45) is 0 Å². The summed E-state index contributed by atoms with van der Waals surface area (Å²) in [6, 6.07) is 22.2. The molecule has 4 aromatic rings. The van der Waals surface area contributed by atoms with Crippen LogP contribution in [-0.4, -0.2) is 19.9 Å². The fourth-order valence-corrected chi connectivity index (χ4v) is 2.98. The van der Waals surface area contributed by atoms with E-state index in [4.69, 9.17) is 4.98 Å². The third kappa shape index (κ3) is 4.10.